The number of nitrogens with zero attached hydrogens (tertiary/aromatic N) is 1. The van der Waals surface area contributed by atoms with E-state index >= 15 is 0 Å². The lowest BCUT2D eigenvalue weighted by Crippen LogP contribution is -2.36. The molecule has 2 aromatic rings. The van der Waals surface area contributed by atoms with Crippen LogP contribution in [0.5, 0.6) is 5.75 Å². The fraction of sp³-hybridized carbons (Fsp3) is 0.263. The number of ether oxygens (including phenoxy) is 1. The van der Waals surface area contributed by atoms with Crippen LogP contribution in [0.15, 0.2) is 42.5 Å². The molecule has 1 aliphatic heterocycles. The summed E-state index contributed by atoms with van der Waals surface area (Å²) >= 11 is 12.0. The van der Waals surface area contributed by atoms with Crippen molar-refractivity contribution in [2.24, 2.45) is 5.92 Å². The van der Waals surface area contributed by atoms with Crippen molar-refractivity contribution in [3.8, 4) is 5.75 Å². The van der Waals surface area contributed by atoms with Gasteiger partial charge < -0.3 is 15.0 Å². The molecule has 0 bridgehead atoms. The Labute approximate surface area is 170 Å². The van der Waals surface area contributed by atoms with Crippen LogP contribution in [0.25, 0.3) is 0 Å². The predicted octanol–water partition coefficient (Wildman–Crippen LogP) is 4.26. The van der Waals surface area contributed by atoms with Crippen LogP contribution in [-0.2, 0) is 16.1 Å². The number of nitrogens with one attached hydrogen (secondary N) is 1. The third kappa shape index (κ3) is 4.91. The fourth-order valence-corrected chi connectivity index (χ4v) is 3.49. The van der Waals surface area contributed by atoms with Crippen LogP contribution < -0.4 is 15.0 Å². The Kier molecular flexibility index (Phi) is 6.36. The zero-order chi connectivity index (χ0) is 20.3. The number of carbonyl (C=O) groups is 2. The standard InChI is InChI=1S/C19H16Cl2F2N2O3/c20-12-7-13(21)9-14(8-12)25-6-5-16(18(25)27)17(26)24-10-11-1-3-15(4-2-11)28-19(22)23/h1-4,7-9,16,19H,5-6,10H2,(H,24,26)/t16-/m1/s1. The summed E-state index contributed by atoms with van der Waals surface area (Å²) in [5, 5.41) is 3.51. The normalized spacial score (nSPS) is 16.5. The van der Waals surface area contributed by atoms with Crippen molar-refractivity contribution in [3.63, 3.8) is 0 Å². The molecule has 0 unspecified atom stereocenters. The van der Waals surface area contributed by atoms with E-state index in [2.05, 4.69) is 10.1 Å². The van der Waals surface area contributed by atoms with Crippen molar-refractivity contribution in [2.75, 3.05) is 11.4 Å². The van der Waals surface area contributed by atoms with E-state index in [1.54, 1.807) is 30.3 Å². The van der Waals surface area contributed by atoms with Crippen molar-refractivity contribution in [1.82, 2.24) is 5.32 Å². The van der Waals surface area contributed by atoms with E-state index in [0.717, 1.165) is 0 Å². The predicted molar refractivity (Wildman–Crippen MR) is 102 cm³/mol. The maximum Gasteiger partial charge on any atom is 0.387 e. The number of hydrogen-bond acceptors (Lipinski definition) is 3. The largest absolute Gasteiger partial charge is 0.435 e. The highest BCUT2D eigenvalue weighted by Gasteiger charge is 2.37. The first-order valence-electron chi connectivity index (χ1n) is 8.42. The Morgan fingerprint density at radius 2 is 1.82 bits per heavy atom. The first-order valence-corrected chi connectivity index (χ1v) is 9.18. The number of rotatable bonds is 6. The van der Waals surface area contributed by atoms with E-state index in [9.17, 15) is 18.4 Å². The molecule has 2 aromatic carbocycles. The minimum atomic E-state index is -2.89. The number of carbonyl (C=O) groups excluding carboxylic acids is 2. The second-order valence-corrected chi connectivity index (χ2v) is 7.07. The summed E-state index contributed by atoms with van der Waals surface area (Å²) in [6.45, 7) is -2.34. The van der Waals surface area contributed by atoms with Gasteiger partial charge in [0.1, 0.15) is 11.7 Å². The van der Waals surface area contributed by atoms with E-state index in [4.69, 9.17) is 23.2 Å². The summed E-state index contributed by atoms with van der Waals surface area (Å²) in [4.78, 5) is 26.5. The van der Waals surface area contributed by atoms with Crippen molar-refractivity contribution in [2.45, 2.75) is 19.6 Å². The van der Waals surface area contributed by atoms with Gasteiger partial charge in [-0.05, 0) is 42.3 Å². The molecule has 9 heteroatoms. The molecular formula is C19H16Cl2F2N2O3. The first kappa shape index (κ1) is 20.4. The Morgan fingerprint density at radius 1 is 1.18 bits per heavy atom. The van der Waals surface area contributed by atoms with Gasteiger partial charge in [0.05, 0.1) is 0 Å². The van der Waals surface area contributed by atoms with Gasteiger partial charge in [-0.2, -0.15) is 8.78 Å². The molecule has 3 rings (SSSR count). The molecule has 5 nitrogen and oxygen atoms in total. The molecule has 1 aliphatic rings. The Balaban J connectivity index is 1.58. The summed E-state index contributed by atoms with van der Waals surface area (Å²) in [6, 6.07) is 10.7. The fourth-order valence-electron chi connectivity index (χ4n) is 2.98. The maximum atomic E-state index is 12.6. The molecule has 1 N–H and O–H groups in total. The van der Waals surface area contributed by atoms with Gasteiger partial charge in [0, 0.05) is 28.8 Å². The third-order valence-electron chi connectivity index (χ3n) is 4.30. The van der Waals surface area contributed by atoms with Gasteiger partial charge in [-0.25, -0.2) is 0 Å². The molecule has 0 radical (unpaired) electrons. The molecule has 1 saturated heterocycles. The van der Waals surface area contributed by atoms with Gasteiger partial charge in [0.25, 0.3) is 0 Å². The molecule has 0 saturated carbocycles. The van der Waals surface area contributed by atoms with Gasteiger partial charge in [-0.1, -0.05) is 35.3 Å². The molecule has 1 fully saturated rings. The van der Waals surface area contributed by atoms with Crippen molar-refractivity contribution >= 4 is 40.7 Å². The van der Waals surface area contributed by atoms with Crippen LogP contribution >= 0.6 is 23.2 Å². The molecule has 0 aromatic heterocycles. The molecule has 28 heavy (non-hydrogen) atoms. The average molecular weight is 429 g/mol. The van der Waals surface area contributed by atoms with Gasteiger partial charge >= 0.3 is 6.61 Å². The van der Waals surface area contributed by atoms with Gasteiger partial charge in [-0.15, -0.1) is 0 Å². The molecule has 0 spiro atoms. The van der Waals surface area contributed by atoms with Crippen molar-refractivity contribution < 1.29 is 23.1 Å². The van der Waals surface area contributed by atoms with Gasteiger partial charge in [-0.3, -0.25) is 9.59 Å². The smallest absolute Gasteiger partial charge is 0.387 e. The minimum absolute atomic E-state index is 0.0341. The zero-order valence-electron chi connectivity index (χ0n) is 14.5. The highest BCUT2D eigenvalue weighted by molar-refractivity contribution is 6.35. The highest BCUT2D eigenvalue weighted by Crippen LogP contribution is 2.30. The zero-order valence-corrected chi connectivity index (χ0v) is 16.0. The number of amides is 2. The maximum absolute atomic E-state index is 12.6. The molecular weight excluding hydrogens is 413 g/mol. The number of hydrogen-bond donors (Lipinski definition) is 1. The number of benzene rings is 2. The van der Waals surface area contributed by atoms with Gasteiger partial charge in [0.2, 0.25) is 11.8 Å². The summed E-state index contributed by atoms with van der Waals surface area (Å²) in [6.07, 6.45) is 0.371. The molecule has 2 amide bonds. The number of halogens is 4. The highest BCUT2D eigenvalue weighted by atomic mass is 35.5. The minimum Gasteiger partial charge on any atom is -0.435 e. The lowest BCUT2D eigenvalue weighted by Gasteiger charge is -2.17. The first-order chi connectivity index (χ1) is 13.3. The van der Waals surface area contributed by atoms with Crippen LogP contribution in [0.4, 0.5) is 14.5 Å². The van der Waals surface area contributed by atoms with E-state index < -0.39 is 18.4 Å². The third-order valence-corrected chi connectivity index (χ3v) is 4.73. The summed E-state index contributed by atoms with van der Waals surface area (Å²) < 4.78 is 28.6. The monoisotopic (exact) mass is 428 g/mol. The van der Waals surface area contributed by atoms with Crippen LogP contribution in [-0.4, -0.2) is 25.0 Å². The Morgan fingerprint density at radius 3 is 2.43 bits per heavy atom. The van der Waals surface area contributed by atoms with Crippen LogP contribution in [0.1, 0.15) is 12.0 Å². The lowest BCUT2D eigenvalue weighted by atomic mass is 10.1. The molecule has 1 heterocycles. The second-order valence-electron chi connectivity index (χ2n) is 6.20. The molecule has 1 atom stereocenters. The SMILES string of the molecule is O=C(NCc1ccc(OC(F)F)cc1)[C@H]1CCN(c2cc(Cl)cc(Cl)c2)C1=O. The summed E-state index contributed by atoms with van der Waals surface area (Å²) in [5.74, 6) is -1.49. The average Bonchev–Trinajstić information content (AvgIpc) is 3.01. The Bertz CT molecular complexity index is 858. The quantitative estimate of drug-likeness (QED) is 0.699. The van der Waals surface area contributed by atoms with Gasteiger partial charge in [0.15, 0.2) is 0 Å². The Hall–Kier alpha value is -2.38. The van der Waals surface area contributed by atoms with E-state index in [0.29, 0.717) is 34.3 Å². The van der Waals surface area contributed by atoms with Crippen molar-refractivity contribution in [1.29, 1.82) is 0 Å². The van der Waals surface area contributed by atoms with Crippen LogP contribution in [0, 0.1) is 5.92 Å². The van der Waals surface area contributed by atoms with Crippen LogP contribution in [0.3, 0.4) is 0 Å². The summed E-state index contributed by atoms with van der Waals surface area (Å²) in [7, 11) is 0. The van der Waals surface area contributed by atoms with E-state index in [-0.39, 0.29) is 18.2 Å². The molecule has 148 valence electrons. The summed E-state index contributed by atoms with van der Waals surface area (Å²) in [5.41, 5.74) is 1.24. The number of alkyl halides is 2. The second kappa shape index (κ2) is 8.75. The molecule has 0 aliphatic carbocycles. The van der Waals surface area contributed by atoms with E-state index in [1.165, 1.54) is 17.0 Å². The van der Waals surface area contributed by atoms with Crippen LogP contribution in [0.2, 0.25) is 10.0 Å². The lowest BCUT2D eigenvalue weighted by molar-refractivity contribution is -0.132. The number of anilines is 1. The van der Waals surface area contributed by atoms with Crippen molar-refractivity contribution in [3.05, 3.63) is 58.1 Å². The van der Waals surface area contributed by atoms with E-state index in [1.807, 2.05) is 0 Å². The topological polar surface area (TPSA) is 58.6 Å².